The highest BCUT2D eigenvalue weighted by Gasteiger charge is 2.36. The van der Waals surface area contributed by atoms with Crippen LogP contribution in [0.15, 0.2) is 23.2 Å². The van der Waals surface area contributed by atoms with E-state index >= 15 is 0 Å². The average molecular weight is 277 g/mol. The second-order valence-electron chi connectivity index (χ2n) is 5.30. The zero-order valence-corrected chi connectivity index (χ0v) is 12.2. The Labute approximate surface area is 120 Å². The molecule has 0 heterocycles. The Morgan fingerprint density at radius 3 is 2.35 bits per heavy atom. The lowest BCUT2D eigenvalue weighted by Gasteiger charge is -2.28. The zero-order valence-electron chi connectivity index (χ0n) is 12.2. The number of ether oxygens (including phenoxy) is 2. The molecule has 1 aromatic rings. The minimum absolute atomic E-state index is 0.0174. The van der Waals surface area contributed by atoms with Crippen molar-refractivity contribution in [3.05, 3.63) is 23.8 Å². The molecule has 1 aromatic carbocycles. The molecule has 0 amide bonds. The topological polar surface area (TPSA) is 82.9 Å². The normalized spacial score (nSPS) is 16.7. The van der Waals surface area contributed by atoms with Gasteiger partial charge in [0, 0.05) is 5.41 Å². The molecule has 1 fully saturated rings. The molecule has 0 atom stereocenters. The van der Waals surface area contributed by atoms with Crippen LogP contribution < -0.4 is 20.9 Å². The third-order valence-corrected chi connectivity index (χ3v) is 4.12. The Kier molecular flexibility index (Phi) is 4.37. The van der Waals surface area contributed by atoms with E-state index < -0.39 is 0 Å². The van der Waals surface area contributed by atoms with E-state index in [-0.39, 0.29) is 11.4 Å². The Balaban J connectivity index is 2.36. The largest absolute Gasteiger partial charge is 0.493 e. The van der Waals surface area contributed by atoms with Crippen LogP contribution in [-0.2, 0) is 5.41 Å². The van der Waals surface area contributed by atoms with Gasteiger partial charge in [-0.3, -0.25) is 4.99 Å². The van der Waals surface area contributed by atoms with Crippen LogP contribution in [0.5, 0.6) is 11.5 Å². The number of hydrogen-bond donors (Lipinski definition) is 2. The molecule has 2 rings (SSSR count). The molecule has 5 heteroatoms. The molecule has 1 aliphatic carbocycles. The second-order valence-corrected chi connectivity index (χ2v) is 5.30. The van der Waals surface area contributed by atoms with Crippen molar-refractivity contribution in [3.8, 4) is 11.5 Å². The highest BCUT2D eigenvalue weighted by atomic mass is 16.5. The lowest BCUT2D eigenvalue weighted by atomic mass is 9.79. The van der Waals surface area contributed by atoms with Crippen molar-refractivity contribution in [2.75, 3.05) is 20.8 Å². The lowest BCUT2D eigenvalue weighted by molar-refractivity contribution is 0.352. The van der Waals surface area contributed by atoms with E-state index in [9.17, 15) is 0 Å². The number of nitrogens with zero attached hydrogens (tertiary/aromatic N) is 1. The first-order valence-electron chi connectivity index (χ1n) is 6.89. The van der Waals surface area contributed by atoms with Gasteiger partial charge in [0.15, 0.2) is 17.5 Å². The summed E-state index contributed by atoms with van der Waals surface area (Å²) in [6.07, 6.45) is 4.60. The summed E-state index contributed by atoms with van der Waals surface area (Å²) < 4.78 is 10.7. The first-order valence-corrected chi connectivity index (χ1v) is 6.89. The van der Waals surface area contributed by atoms with Crippen LogP contribution in [0.25, 0.3) is 0 Å². The summed E-state index contributed by atoms with van der Waals surface area (Å²) in [7, 11) is 3.29. The molecule has 5 nitrogen and oxygen atoms in total. The van der Waals surface area contributed by atoms with Gasteiger partial charge in [-0.2, -0.15) is 0 Å². The summed E-state index contributed by atoms with van der Waals surface area (Å²) in [4.78, 5) is 4.25. The molecule has 0 radical (unpaired) electrons. The van der Waals surface area contributed by atoms with Crippen molar-refractivity contribution in [2.24, 2.45) is 16.5 Å². The van der Waals surface area contributed by atoms with Crippen LogP contribution in [0.4, 0.5) is 0 Å². The average Bonchev–Trinajstić information content (AvgIpc) is 2.94. The fourth-order valence-electron chi connectivity index (χ4n) is 3.00. The SMILES string of the molecule is COc1ccc(C2(CN=C(N)N)CCCC2)cc1OC. The summed E-state index contributed by atoms with van der Waals surface area (Å²) in [5, 5.41) is 0. The van der Waals surface area contributed by atoms with Gasteiger partial charge in [-0.1, -0.05) is 18.9 Å². The predicted molar refractivity (Wildman–Crippen MR) is 80.4 cm³/mol. The molecular formula is C15H23N3O2. The standard InChI is InChI=1S/C15H23N3O2/c1-19-12-6-5-11(9-13(12)20-2)15(7-3-4-8-15)10-18-14(16)17/h5-6,9H,3-4,7-8,10H2,1-2H3,(H4,16,17,18). The Morgan fingerprint density at radius 2 is 1.80 bits per heavy atom. The van der Waals surface area contributed by atoms with E-state index in [1.165, 1.54) is 18.4 Å². The van der Waals surface area contributed by atoms with E-state index in [4.69, 9.17) is 20.9 Å². The fraction of sp³-hybridized carbons (Fsp3) is 0.533. The van der Waals surface area contributed by atoms with Gasteiger partial charge in [0.05, 0.1) is 20.8 Å². The molecule has 1 aliphatic rings. The van der Waals surface area contributed by atoms with Gasteiger partial charge in [-0.25, -0.2) is 0 Å². The zero-order chi connectivity index (χ0) is 14.6. The van der Waals surface area contributed by atoms with Crippen molar-refractivity contribution in [1.29, 1.82) is 0 Å². The number of rotatable bonds is 5. The van der Waals surface area contributed by atoms with Gasteiger partial charge in [-0.15, -0.1) is 0 Å². The van der Waals surface area contributed by atoms with Crippen LogP contribution in [0.2, 0.25) is 0 Å². The third-order valence-electron chi connectivity index (χ3n) is 4.12. The highest BCUT2D eigenvalue weighted by Crippen LogP contribution is 2.43. The molecule has 0 aliphatic heterocycles. The minimum atomic E-state index is 0.0174. The summed E-state index contributed by atoms with van der Waals surface area (Å²) in [6.45, 7) is 0.630. The molecule has 0 saturated heterocycles. The van der Waals surface area contributed by atoms with E-state index in [1.54, 1.807) is 14.2 Å². The van der Waals surface area contributed by atoms with Crippen molar-refractivity contribution >= 4 is 5.96 Å². The molecular weight excluding hydrogens is 254 g/mol. The number of guanidine groups is 1. The lowest BCUT2D eigenvalue weighted by Crippen LogP contribution is -2.30. The fourth-order valence-corrected chi connectivity index (χ4v) is 3.00. The first kappa shape index (κ1) is 14.5. The van der Waals surface area contributed by atoms with Crippen LogP contribution >= 0.6 is 0 Å². The van der Waals surface area contributed by atoms with Crippen LogP contribution in [0, 0.1) is 0 Å². The van der Waals surface area contributed by atoms with Crippen molar-refractivity contribution in [1.82, 2.24) is 0 Å². The summed E-state index contributed by atoms with van der Waals surface area (Å²) in [5.74, 6) is 1.64. The van der Waals surface area contributed by atoms with Crippen LogP contribution in [-0.4, -0.2) is 26.7 Å². The quantitative estimate of drug-likeness (QED) is 0.635. The van der Waals surface area contributed by atoms with E-state index in [0.717, 1.165) is 24.3 Å². The number of hydrogen-bond acceptors (Lipinski definition) is 3. The first-order chi connectivity index (χ1) is 9.61. The molecule has 0 aromatic heterocycles. The summed E-state index contributed by atoms with van der Waals surface area (Å²) in [5.41, 5.74) is 12.2. The van der Waals surface area contributed by atoms with E-state index in [0.29, 0.717) is 6.54 Å². The number of nitrogens with two attached hydrogens (primary N) is 2. The number of aliphatic imine (C=N–C) groups is 1. The number of benzene rings is 1. The molecule has 1 saturated carbocycles. The maximum absolute atomic E-state index is 5.49. The Bertz CT molecular complexity index is 490. The van der Waals surface area contributed by atoms with E-state index in [2.05, 4.69) is 11.1 Å². The van der Waals surface area contributed by atoms with Gasteiger partial charge in [0.25, 0.3) is 0 Å². The van der Waals surface area contributed by atoms with Crippen molar-refractivity contribution in [3.63, 3.8) is 0 Å². The van der Waals surface area contributed by atoms with Gasteiger partial charge in [0.1, 0.15) is 0 Å². The van der Waals surface area contributed by atoms with Gasteiger partial charge in [-0.05, 0) is 30.5 Å². The Morgan fingerprint density at radius 1 is 1.15 bits per heavy atom. The summed E-state index contributed by atoms with van der Waals surface area (Å²) >= 11 is 0. The molecule has 0 spiro atoms. The molecule has 0 unspecified atom stereocenters. The maximum Gasteiger partial charge on any atom is 0.185 e. The number of methoxy groups -OCH3 is 2. The van der Waals surface area contributed by atoms with Gasteiger partial charge in [0.2, 0.25) is 0 Å². The maximum atomic E-state index is 5.49. The monoisotopic (exact) mass is 277 g/mol. The molecule has 4 N–H and O–H groups in total. The molecule has 110 valence electrons. The van der Waals surface area contributed by atoms with Gasteiger partial charge < -0.3 is 20.9 Å². The van der Waals surface area contributed by atoms with E-state index in [1.807, 2.05) is 12.1 Å². The van der Waals surface area contributed by atoms with Gasteiger partial charge >= 0.3 is 0 Å². The van der Waals surface area contributed by atoms with Crippen LogP contribution in [0.3, 0.4) is 0 Å². The van der Waals surface area contributed by atoms with Crippen molar-refractivity contribution < 1.29 is 9.47 Å². The summed E-state index contributed by atoms with van der Waals surface area (Å²) in [6, 6.07) is 6.09. The Hall–Kier alpha value is -1.91. The smallest absolute Gasteiger partial charge is 0.185 e. The molecule has 20 heavy (non-hydrogen) atoms. The van der Waals surface area contributed by atoms with Crippen molar-refractivity contribution in [2.45, 2.75) is 31.1 Å². The van der Waals surface area contributed by atoms with Crippen LogP contribution in [0.1, 0.15) is 31.2 Å². The predicted octanol–water partition coefficient (Wildman–Crippen LogP) is 1.79. The second kappa shape index (κ2) is 6.03. The third kappa shape index (κ3) is 2.81. The molecule has 0 bridgehead atoms. The highest BCUT2D eigenvalue weighted by molar-refractivity contribution is 5.75. The minimum Gasteiger partial charge on any atom is -0.493 e.